The number of amides is 2. The van der Waals surface area contributed by atoms with Crippen LogP contribution >= 0.6 is 23.2 Å². The van der Waals surface area contributed by atoms with E-state index in [0.29, 0.717) is 35.2 Å². The van der Waals surface area contributed by atoms with E-state index in [9.17, 15) is 9.59 Å². The van der Waals surface area contributed by atoms with Crippen LogP contribution < -0.4 is 10.1 Å². The summed E-state index contributed by atoms with van der Waals surface area (Å²) in [6, 6.07) is 12.8. The number of nitrogens with zero attached hydrogens (tertiary/aromatic N) is 1. The summed E-state index contributed by atoms with van der Waals surface area (Å²) in [6.07, 6.45) is 2.45. The fourth-order valence-electron chi connectivity index (χ4n) is 3.67. The zero-order valence-electron chi connectivity index (χ0n) is 17.9. The minimum Gasteiger partial charge on any atom is -0.491 e. The average molecular weight is 463 g/mol. The summed E-state index contributed by atoms with van der Waals surface area (Å²) < 4.78 is 5.65. The first-order chi connectivity index (χ1) is 14.8. The highest BCUT2D eigenvalue weighted by Crippen LogP contribution is 2.25. The van der Waals surface area contributed by atoms with E-state index in [1.165, 1.54) is 0 Å². The Bertz CT molecular complexity index is 916. The maximum absolute atomic E-state index is 12.8. The topological polar surface area (TPSA) is 58.6 Å². The lowest BCUT2D eigenvalue weighted by molar-refractivity contribution is -0.126. The van der Waals surface area contributed by atoms with E-state index in [1.807, 2.05) is 38.1 Å². The molecule has 0 spiro atoms. The van der Waals surface area contributed by atoms with Crippen molar-refractivity contribution in [2.75, 3.05) is 19.6 Å². The quantitative estimate of drug-likeness (QED) is 0.630. The number of benzene rings is 2. The fourth-order valence-corrected chi connectivity index (χ4v) is 3.97. The Morgan fingerprint density at radius 2 is 1.87 bits per heavy atom. The number of nitrogens with one attached hydrogen (secondary N) is 1. The molecule has 0 aromatic heterocycles. The predicted molar refractivity (Wildman–Crippen MR) is 124 cm³/mol. The van der Waals surface area contributed by atoms with E-state index in [1.54, 1.807) is 23.1 Å². The molecule has 1 aliphatic heterocycles. The van der Waals surface area contributed by atoms with Crippen LogP contribution in [0.2, 0.25) is 10.0 Å². The van der Waals surface area contributed by atoms with Gasteiger partial charge >= 0.3 is 0 Å². The van der Waals surface area contributed by atoms with Gasteiger partial charge in [-0.25, -0.2) is 0 Å². The van der Waals surface area contributed by atoms with Crippen LogP contribution in [0.5, 0.6) is 5.75 Å². The van der Waals surface area contributed by atoms with Crippen molar-refractivity contribution in [1.82, 2.24) is 10.2 Å². The van der Waals surface area contributed by atoms with Gasteiger partial charge in [-0.15, -0.1) is 0 Å². The molecule has 3 rings (SSSR count). The number of hydrogen-bond donors (Lipinski definition) is 1. The van der Waals surface area contributed by atoms with E-state index in [-0.39, 0.29) is 23.8 Å². The molecule has 2 aromatic carbocycles. The van der Waals surface area contributed by atoms with Crippen LogP contribution in [-0.2, 0) is 11.2 Å². The predicted octanol–water partition coefficient (Wildman–Crippen LogP) is 4.99. The highest BCUT2D eigenvalue weighted by molar-refractivity contribution is 6.42. The number of carbonyl (C=O) groups excluding carboxylic acids is 2. The highest BCUT2D eigenvalue weighted by atomic mass is 35.5. The van der Waals surface area contributed by atoms with E-state index < -0.39 is 0 Å². The summed E-state index contributed by atoms with van der Waals surface area (Å²) in [7, 11) is 0. The number of ether oxygens (including phenoxy) is 1. The molecule has 0 radical (unpaired) electrons. The summed E-state index contributed by atoms with van der Waals surface area (Å²) >= 11 is 12.0. The van der Waals surface area contributed by atoms with Crippen molar-refractivity contribution in [1.29, 1.82) is 0 Å². The largest absolute Gasteiger partial charge is 0.491 e. The molecular weight excluding hydrogens is 435 g/mol. The molecule has 0 aliphatic carbocycles. The smallest absolute Gasteiger partial charge is 0.253 e. The second-order valence-electron chi connectivity index (χ2n) is 8.07. The molecule has 166 valence electrons. The van der Waals surface area contributed by atoms with Gasteiger partial charge in [-0.05, 0) is 69.0 Å². The standard InChI is InChI=1S/C24H28Cl2N2O3/c1-16(2)31-20-8-5-17(6-9-20)11-12-27-23(29)19-4-3-13-28(15-19)24(30)18-7-10-21(25)22(26)14-18/h5-10,14,16,19H,3-4,11-13,15H2,1-2H3,(H,27,29). The Kier molecular flexibility index (Phi) is 8.22. The van der Waals surface area contributed by atoms with Crippen LogP contribution in [0.4, 0.5) is 0 Å². The van der Waals surface area contributed by atoms with Gasteiger partial charge < -0.3 is 15.0 Å². The minimum absolute atomic E-state index is 0.00796. The Labute approximate surface area is 193 Å². The van der Waals surface area contributed by atoms with Crippen LogP contribution in [0.25, 0.3) is 0 Å². The molecule has 5 nitrogen and oxygen atoms in total. The molecule has 2 aromatic rings. The molecule has 1 saturated heterocycles. The fraction of sp³-hybridized carbons (Fsp3) is 0.417. The number of carbonyl (C=O) groups is 2. The molecule has 0 saturated carbocycles. The van der Waals surface area contributed by atoms with Crippen LogP contribution in [0, 0.1) is 5.92 Å². The lowest BCUT2D eigenvalue weighted by Crippen LogP contribution is -2.45. The molecule has 1 unspecified atom stereocenters. The van der Waals surface area contributed by atoms with Crippen molar-refractivity contribution < 1.29 is 14.3 Å². The molecule has 1 atom stereocenters. The van der Waals surface area contributed by atoms with E-state index in [2.05, 4.69) is 5.32 Å². The van der Waals surface area contributed by atoms with Gasteiger partial charge in [-0.2, -0.15) is 0 Å². The number of hydrogen-bond acceptors (Lipinski definition) is 3. The molecule has 0 bridgehead atoms. The lowest BCUT2D eigenvalue weighted by atomic mass is 9.96. The van der Waals surface area contributed by atoms with Gasteiger partial charge in [0.1, 0.15) is 5.75 Å². The summed E-state index contributed by atoms with van der Waals surface area (Å²) in [5, 5.41) is 3.78. The summed E-state index contributed by atoms with van der Waals surface area (Å²) in [5.74, 6) is 0.505. The van der Waals surface area contributed by atoms with Crippen molar-refractivity contribution in [2.24, 2.45) is 5.92 Å². The Hall–Kier alpha value is -2.24. The van der Waals surface area contributed by atoms with Gasteiger partial charge in [0.15, 0.2) is 0 Å². The van der Waals surface area contributed by atoms with E-state index in [4.69, 9.17) is 27.9 Å². The van der Waals surface area contributed by atoms with Crippen molar-refractivity contribution >= 4 is 35.0 Å². The molecular formula is C24H28Cl2N2O3. The zero-order valence-corrected chi connectivity index (χ0v) is 19.4. The number of rotatable bonds is 7. The normalized spacial score (nSPS) is 16.3. The van der Waals surface area contributed by atoms with Crippen molar-refractivity contribution in [3.05, 3.63) is 63.6 Å². The first kappa shape index (κ1) is 23.4. The van der Waals surface area contributed by atoms with Crippen LogP contribution in [0.15, 0.2) is 42.5 Å². The Balaban J connectivity index is 1.49. The number of likely N-dealkylation sites (tertiary alicyclic amines) is 1. The van der Waals surface area contributed by atoms with Gasteiger partial charge in [0.05, 0.1) is 22.1 Å². The Morgan fingerprint density at radius 1 is 1.13 bits per heavy atom. The second-order valence-corrected chi connectivity index (χ2v) is 8.89. The van der Waals surface area contributed by atoms with Gasteiger partial charge in [0.25, 0.3) is 5.91 Å². The summed E-state index contributed by atoms with van der Waals surface area (Å²) in [6.45, 7) is 5.59. The molecule has 31 heavy (non-hydrogen) atoms. The molecule has 7 heteroatoms. The SMILES string of the molecule is CC(C)Oc1ccc(CCNC(=O)C2CCCN(C(=O)c3ccc(Cl)c(Cl)c3)C2)cc1. The molecule has 1 N–H and O–H groups in total. The minimum atomic E-state index is -0.206. The molecule has 1 aliphatic rings. The van der Waals surface area contributed by atoms with Gasteiger partial charge in [0, 0.05) is 25.2 Å². The monoisotopic (exact) mass is 462 g/mol. The number of halogens is 2. The van der Waals surface area contributed by atoms with Crippen LogP contribution in [0.1, 0.15) is 42.6 Å². The average Bonchev–Trinajstić information content (AvgIpc) is 2.76. The second kappa shape index (κ2) is 10.9. The summed E-state index contributed by atoms with van der Waals surface area (Å²) in [4.78, 5) is 27.2. The number of piperidine rings is 1. The first-order valence-corrected chi connectivity index (χ1v) is 11.4. The van der Waals surface area contributed by atoms with Gasteiger partial charge in [0.2, 0.25) is 5.91 Å². The lowest BCUT2D eigenvalue weighted by Gasteiger charge is -2.32. The molecule has 1 fully saturated rings. The van der Waals surface area contributed by atoms with Gasteiger partial charge in [-0.1, -0.05) is 35.3 Å². The maximum Gasteiger partial charge on any atom is 0.253 e. The third kappa shape index (κ3) is 6.62. The van der Waals surface area contributed by atoms with Crippen molar-refractivity contribution in [3.8, 4) is 5.75 Å². The molecule has 2 amide bonds. The first-order valence-electron chi connectivity index (χ1n) is 10.6. The van der Waals surface area contributed by atoms with E-state index >= 15 is 0 Å². The van der Waals surface area contributed by atoms with Gasteiger partial charge in [-0.3, -0.25) is 9.59 Å². The summed E-state index contributed by atoms with van der Waals surface area (Å²) in [5.41, 5.74) is 1.62. The van der Waals surface area contributed by atoms with Crippen LogP contribution in [-0.4, -0.2) is 42.5 Å². The Morgan fingerprint density at radius 3 is 2.55 bits per heavy atom. The van der Waals surface area contributed by atoms with Crippen molar-refractivity contribution in [3.63, 3.8) is 0 Å². The highest BCUT2D eigenvalue weighted by Gasteiger charge is 2.29. The zero-order chi connectivity index (χ0) is 22.4. The maximum atomic E-state index is 12.8. The molecule has 1 heterocycles. The van der Waals surface area contributed by atoms with E-state index in [0.717, 1.165) is 30.6 Å². The van der Waals surface area contributed by atoms with Crippen LogP contribution in [0.3, 0.4) is 0 Å². The third-order valence-corrected chi connectivity index (χ3v) is 5.99. The third-order valence-electron chi connectivity index (χ3n) is 5.25. The van der Waals surface area contributed by atoms with Crippen molar-refractivity contribution in [2.45, 2.75) is 39.2 Å².